The average Bonchev–Trinajstić information content (AvgIpc) is 2.98. The lowest BCUT2D eigenvalue weighted by Crippen LogP contribution is -2.27. The van der Waals surface area contributed by atoms with Crippen molar-refractivity contribution < 1.29 is 17.9 Å². The zero-order chi connectivity index (χ0) is 16.3. The van der Waals surface area contributed by atoms with Crippen LogP contribution in [0.3, 0.4) is 0 Å². The van der Waals surface area contributed by atoms with Crippen LogP contribution in [0.4, 0.5) is 0 Å². The molecule has 0 bridgehead atoms. The molecule has 118 valence electrons. The van der Waals surface area contributed by atoms with E-state index in [4.69, 9.17) is 11.6 Å². The largest absolute Gasteiger partial charge is 0.465 e. The van der Waals surface area contributed by atoms with Gasteiger partial charge in [0.25, 0.3) is 0 Å². The Kier molecular flexibility index (Phi) is 4.79. The number of aromatic nitrogens is 3. The predicted molar refractivity (Wildman–Crippen MR) is 77.8 cm³/mol. The van der Waals surface area contributed by atoms with Gasteiger partial charge in [0.15, 0.2) is 0 Å². The van der Waals surface area contributed by atoms with E-state index >= 15 is 0 Å². The van der Waals surface area contributed by atoms with Gasteiger partial charge in [0, 0.05) is 12.1 Å². The van der Waals surface area contributed by atoms with Crippen LogP contribution in [0.1, 0.15) is 16.2 Å². The number of ether oxygens (including phenoxy) is 1. The minimum atomic E-state index is -3.85. The first-order valence-corrected chi connectivity index (χ1v) is 7.86. The maximum atomic E-state index is 12.5. The minimum Gasteiger partial charge on any atom is -0.465 e. The van der Waals surface area contributed by atoms with Crippen molar-refractivity contribution in [2.24, 2.45) is 0 Å². The van der Waals surface area contributed by atoms with Gasteiger partial charge in [-0.15, -0.1) is 0 Å². The number of methoxy groups -OCH3 is 1. The topological polar surface area (TPSA) is 105 Å². The highest BCUT2D eigenvalue weighted by molar-refractivity contribution is 7.89. The number of halogens is 1. The highest BCUT2D eigenvalue weighted by Crippen LogP contribution is 2.22. The summed E-state index contributed by atoms with van der Waals surface area (Å²) in [6.45, 7) is 0.00239. The highest BCUT2D eigenvalue weighted by atomic mass is 35.5. The van der Waals surface area contributed by atoms with Crippen LogP contribution in [0.2, 0.25) is 5.02 Å². The number of sulfonamides is 1. The molecule has 1 aromatic heterocycles. The minimum absolute atomic E-state index is 0.00239. The number of benzene rings is 1. The molecule has 0 saturated carbocycles. The van der Waals surface area contributed by atoms with E-state index in [2.05, 4.69) is 19.9 Å². The maximum absolute atomic E-state index is 12.5. The smallest absolute Gasteiger partial charge is 0.337 e. The Hall–Kier alpha value is -1.97. The molecule has 10 heteroatoms. The quantitative estimate of drug-likeness (QED) is 0.813. The van der Waals surface area contributed by atoms with Crippen LogP contribution in [-0.4, -0.2) is 48.0 Å². The predicted octanol–water partition coefficient (Wildman–Crippen LogP) is 1.07. The third-order valence-corrected chi connectivity index (χ3v) is 4.84. The summed E-state index contributed by atoms with van der Waals surface area (Å²) >= 11 is 5.89. The molecule has 0 radical (unpaired) electrons. The van der Waals surface area contributed by atoms with Crippen LogP contribution in [-0.2, 0) is 21.3 Å². The van der Waals surface area contributed by atoms with Crippen molar-refractivity contribution in [2.75, 3.05) is 14.2 Å². The molecule has 0 unspecified atom stereocenters. The first-order chi connectivity index (χ1) is 10.3. The molecule has 1 aromatic carbocycles. The first kappa shape index (κ1) is 16.4. The van der Waals surface area contributed by atoms with Crippen molar-refractivity contribution in [3.63, 3.8) is 0 Å². The van der Waals surface area contributed by atoms with Crippen LogP contribution in [0.15, 0.2) is 29.4 Å². The molecule has 0 saturated heterocycles. The molecule has 1 heterocycles. The number of carbonyl (C=O) groups is 1. The summed E-state index contributed by atoms with van der Waals surface area (Å²) in [5.74, 6) is -0.280. The number of hydrogen-bond donors (Lipinski definition) is 1. The fraction of sp³-hybridized carbons (Fsp3) is 0.250. The zero-order valence-corrected chi connectivity index (χ0v) is 13.3. The molecule has 0 aliphatic rings. The van der Waals surface area contributed by atoms with Gasteiger partial charge in [-0.1, -0.05) is 11.6 Å². The summed E-state index contributed by atoms with van der Waals surface area (Å²) < 4.78 is 30.7. The SMILES string of the molecule is COC(=O)c1cc(Cl)cc(S(=O)(=O)N(C)Cc2ncn[nH]2)c1. The van der Waals surface area contributed by atoms with Gasteiger partial charge in [-0.3, -0.25) is 5.10 Å². The fourth-order valence-corrected chi connectivity index (χ4v) is 3.23. The van der Waals surface area contributed by atoms with Gasteiger partial charge in [0.05, 0.1) is 24.1 Å². The molecule has 0 spiro atoms. The lowest BCUT2D eigenvalue weighted by molar-refractivity contribution is 0.0600. The molecule has 1 N–H and O–H groups in total. The van der Waals surface area contributed by atoms with E-state index in [1.54, 1.807) is 0 Å². The molecule has 2 aromatic rings. The molecule has 0 aliphatic carbocycles. The van der Waals surface area contributed by atoms with Crippen molar-refractivity contribution in [2.45, 2.75) is 11.4 Å². The van der Waals surface area contributed by atoms with Gasteiger partial charge in [-0.05, 0) is 18.2 Å². The number of aromatic amines is 1. The molecule has 8 nitrogen and oxygen atoms in total. The third-order valence-electron chi connectivity index (χ3n) is 2.84. The van der Waals surface area contributed by atoms with Crippen molar-refractivity contribution in [1.29, 1.82) is 0 Å². The van der Waals surface area contributed by atoms with E-state index in [1.165, 1.54) is 38.7 Å². The normalized spacial score (nSPS) is 11.6. The van der Waals surface area contributed by atoms with E-state index in [9.17, 15) is 13.2 Å². The molecule has 22 heavy (non-hydrogen) atoms. The van der Waals surface area contributed by atoms with Gasteiger partial charge in [-0.2, -0.15) is 9.40 Å². The van der Waals surface area contributed by atoms with Gasteiger partial charge in [0.2, 0.25) is 10.0 Å². The molecule has 2 rings (SSSR count). The Balaban J connectivity index is 2.36. The van der Waals surface area contributed by atoms with E-state index < -0.39 is 16.0 Å². The number of H-pyrrole nitrogens is 1. The monoisotopic (exact) mass is 344 g/mol. The molecule has 0 aliphatic heterocycles. The second kappa shape index (κ2) is 6.42. The lowest BCUT2D eigenvalue weighted by atomic mass is 10.2. The number of hydrogen-bond acceptors (Lipinski definition) is 6. The van der Waals surface area contributed by atoms with Crippen molar-refractivity contribution in [3.05, 3.63) is 40.9 Å². The first-order valence-electron chi connectivity index (χ1n) is 6.04. The molecular formula is C12H13ClN4O4S. The van der Waals surface area contributed by atoms with Gasteiger partial charge in [-0.25, -0.2) is 18.2 Å². The average molecular weight is 345 g/mol. The Labute approximate surface area is 132 Å². The van der Waals surface area contributed by atoms with E-state index in [0.29, 0.717) is 5.82 Å². The molecule has 0 fully saturated rings. The Morgan fingerprint density at radius 1 is 1.41 bits per heavy atom. The van der Waals surface area contributed by atoms with E-state index in [1.807, 2.05) is 0 Å². The molecular weight excluding hydrogens is 332 g/mol. The van der Waals surface area contributed by atoms with Crippen molar-refractivity contribution >= 4 is 27.6 Å². The van der Waals surface area contributed by atoms with E-state index in [0.717, 1.165) is 4.31 Å². The fourth-order valence-electron chi connectivity index (χ4n) is 1.73. The molecule has 0 amide bonds. The van der Waals surface area contributed by atoms with Crippen molar-refractivity contribution in [1.82, 2.24) is 19.5 Å². The summed E-state index contributed by atoms with van der Waals surface area (Å²) in [7, 11) is -1.26. The summed E-state index contributed by atoms with van der Waals surface area (Å²) in [6, 6.07) is 3.81. The van der Waals surface area contributed by atoms with Gasteiger partial charge >= 0.3 is 5.97 Å². The summed E-state index contributed by atoms with van der Waals surface area (Å²) in [5.41, 5.74) is 0.0571. The summed E-state index contributed by atoms with van der Waals surface area (Å²) in [4.78, 5) is 15.3. The number of esters is 1. The Morgan fingerprint density at radius 2 is 2.14 bits per heavy atom. The van der Waals surface area contributed by atoms with Crippen LogP contribution in [0.5, 0.6) is 0 Å². The second-order valence-electron chi connectivity index (χ2n) is 4.36. The Morgan fingerprint density at radius 3 is 2.73 bits per heavy atom. The summed E-state index contributed by atoms with van der Waals surface area (Å²) in [6.07, 6.45) is 1.28. The number of nitrogens with one attached hydrogen (secondary N) is 1. The second-order valence-corrected chi connectivity index (χ2v) is 6.84. The third kappa shape index (κ3) is 3.43. The maximum Gasteiger partial charge on any atom is 0.337 e. The standard InChI is InChI=1S/C12H13ClN4O4S/c1-17(6-11-14-7-15-16-11)22(19,20)10-4-8(12(18)21-2)3-9(13)5-10/h3-5,7H,6H2,1-2H3,(H,14,15,16). The van der Waals surface area contributed by atoms with Crippen LogP contribution in [0.25, 0.3) is 0 Å². The zero-order valence-electron chi connectivity index (χ0n) is 11.8. The summed E-state index contributed by atoms with van der Waals surface area (Å²) in [5, 5.41) is 6.35. The van der Waals surface area contributed by atoms with Crippen molar-refractivity contribution in [3.8, 4) is 0 Å². The highest BCUT2D eigenvalue weighted by Gasteiger charge is 2.24. The number of carbonyl (C=O) groups excluding carboxylic acids is 1. The number of nitrogens with zero attached hydrogens (tertiary/aromatic N) is 3. The number of rotatable bonds is 5. The van der Waals surface area contributed by atoms with Gasteiger partial charge in [0.1, 0.15) is 12.2 Å². The van der Waals surface area contributed by atoms with Gasteiger partial charge < -0.3 is 4.74 Å². The Bertz CT molecular complexity index is 776. The lowest BCUT2D eigenvalue weighted by Gasteiger charge is -2.16. The van der Waals surface area contributed by atoms with E-state index in [-0.39, 0.29) is 22.0 Å². The van der Waals surface area contributed by atoms with Crippen LogP contribution >= 0.6 is 11.6 Å². The molecule has 0 atom stereocenters. The van der Waals surface area contributed by atoms with Crippen LogP contribution in [0, 0.1) is 0 Å². The van der Waals surface area contributed by atoms with Crippen LogP contribution < -0.4 is 0 Å².